The minimum absolute atomic E-state index is 0.105. The Labute approximate surface area is 613 Å². The van der Waals surface area contributed by atoms with Crippen LogP contribution in [-0.2, 0) is 65.4 Å². The van der Waals surface area contributed by atoms with Gasteiger partial charge in [0.05, 0.1) is 26.4 Å². The van der Waals surface area contributed by atoms with Crippen molar-refractivity contribution in [2.45, 2.75) is 433 Å². The zero-order valence-electron chi connectivity index (χ0n) is 65.8. The van der Waals surface area contributed by atoms with Gasteiger partial charge in [0.2, 0.25) is 0 Å². The van der Waals surface area contributed by atoms with Crippen LogP contribution in [0.4, 0.5) is 0 Å². The molecule has 0 aliphatic carbocycles. The molecule has 0 aromatic rings. The first-order valence-corrected chi connectivity index (χ1v) is 44.8. The molecule has 0 radical (unpaired) electrons. The maximum Gasteiger partial charge on any atom is 0.472 e. The van der Waals surface area contributed by atoms with Gasteiger partial charge in [0.1, 0.15) is 19.3 Å². The van der Waals surface area contributed by atoms with Crippen LogP contribution in [-0.4, -0.2) is 96.7 Å². The van der Waals surface area contributed by atoms with Crippen LogP contribution in [0, 0.1) is 23.7 Å². The predicted octanol–water partition coefficient (Wildman–Crippen LogP) is 24.0. The van der Waals surface area contributed by atoms with Crippen molar-refractivity contribution >= 4 is 39.5 Å². The molecule has 7 atom stereocenters. The van der Waals surface area contributed by atoms with Crippen LogP contribution >= 0.6 is 15.6 Å². The van der Waals surface area contributed by atoms with Crippen molar-refractivity contribution in [3.63, 3.8) is 0 Å². The Morgan fingerprint density at radius 1 is 0.280 bits per heavy atom. The van der Waals surface area contributed by atoms with E-state index in [0.29, 0.717) is 31.6 Å². The summed E-state index contributed by atoms with van der Waals surface area (Å²) < 4.78 is 68.7. The van der Waals surface area contributed by atoms with Crippen LogP contribution in [0.15, 0.2) is 0 Å². The standard InChI is InChI=1S/C81H158O17P2/c1-9-73(7)59-51-43-35-27-23-19-15-13-11-12-14-16-20-24-28-37-45-53-61-78(83)91-67-76(98-81(86)64-56-48-39-31-30-36-44-52-60-74(8)10-2)69-95-99(87,88)93-65-75(82)66-94-100(89,90)96-70-77(68-92-79(84)62-54-46-40-32-34-42-50-58-72(5)6)97-80(85)63-55-47-38-29-25-21-17-18-22-26-33-41-49-57-71(3)4/h71-77,82H,9-70H2,1-8H3,(H,87,88)(H,89,90)/t73?,74?,75?,76-,77-/m1/s1. The number of esters is 4. The smallest absolute Gasteiger partial charge is 0.462 e. The molecule has 0 amide bonds. The molecule has 17 nitrogen and oxygen atoms in total. The molecule has 0 bridgehead atoms. The molecule has 0 heterocycles. The highest BCUT2D eigenvalue weighted by Crippen LogP contribution is 2.45. The summed E-state index contributed by atoms with van der Waals surface area (Å²) in [6.07, 6.45) is 57.0. The third-order valence-electron chi connectivity index (χ3n) is 19.5. The normalized spacial score (nSPS) is 14.6. The first-order chi connectivity index (χ1) is 48.2. The van der Waals surface area contributed by atoms with Gasteiger partial charge in [-0.05, 0) is 49.4 Å². The Morgan fingerprint density at radius 3 is 0.710 bits per heavy atom. The Balaban J connectivity index is 5.17. The van der Waals surface area contributed by atoms with E-state index in [2.05, 4.69) is 55.4 Å². The van der Waals surface area contributed by atoms with Crippen molar-refractivity contribution in [2.75, 3.05) is 39.6 Å². The number of aliphatic hydroxyl groups excluding tert-OH is 1. The molecule has 100 heavy (non-hydrogen) atoms. The van der Waals surface area contributed by atoms with E-state index in [1.54, 1.807) is 0 Å². The molecule has 0 spiro atoms. The van der Waals surface area contributed by atoms with Gasteiger partial charge in [-0.3, -0.25) is 37.3 Å². The van der Waals surface area contributed by atoms with Gasteiger partial charge in [-0.25, -0.2) is 9.13 Å². The van der Waals surface area contributed by atoms with Gasteiger partial charge < -0.3 is 33.8 Å². The van der Waals surface area contributed by atoms with E-state index in [0.717, 1.165) is 114 Å². The maximum absolute atomic E-state index is 13.1. The number of rotatable bonds is 78. The average Bonchev–Trinajstić information content (AvgIpc) is 1.01. The largest absolute Gasteiger partial charge is 0.472 e. The Bertz CT molecular complexity index is 1960. The topological polar surface area (TPSA) is 237 Å². The van der Waals surface area contributed by atoms with E-state index in [-0.39, 0.29) is 25.7 Å². The lowest BCUT2D eigenvalue weighted by Gasteiger charge is -2.21. The van der Waals surface area contributed by atoms with Crippen LogP contribution in [0.3, 0.4) is 0 Å². The molecule has 0 saturated heterocycles. The molecule has 3 N–H and O–H groups in total. The molecule has 19 heteroatoms. The summed E-state index contributed by atoms with van der Waals surface area (Å²) in [5.41, 5.74) is 0. The SMILES string of the molecule is CCC(C)CCCCCCCCCCCCCCCCCCCCC(=O)OC[C@H](COP(=O)(O)OCC(O)COP(=O)(O)OC[C@@H](COC(=O)CCCCCCCCCC(C)C)OC(=O)CCCCCCCCCCCCCCCC(C)C)OC(=O)CCCCCCCCCCC(C)CC. The van der Waals surface area contributed by atoms with E-state index in [1.807, 2.05) is 0 Å². The van der Waals surface area contributed by atoms with Crippen LogP contribution < -0.4 is 0 Å². The van der Waals surface area contributed by atoms with Crippen molar-refractivity contribution in [3.05, 3.63) is 0 Å². The lowest BCUT2D eigenvalue weighted by molar-refractivity contribution is -0.161. The Hall–Kier alpha value is -1.94. The van der Waals surface area contributed by atoms with Gasteiger partial charge in [0.15, 0.2) is 12.2 Å². The summed E-state index contributed by atoms with van der Waals surface area (Å²) in [6, 6.07) is 0. The number of aliphatic hydroxyl groups is 1. The van der Waals surface area contributed by atoms with Crippen molar-refractivity contribution in [1.82, 2.24) is 0 Å². The van der Waals surface area contributed by atoms with Crippen LogP contribution in [0.25, 0.3) is 0 Å². The second-order valence-corrected chi connectivity index (χ2v) is 33.5. The summed E-state index contributed by atoms with van der Waals surface area (Å²) >= 11 is 0. The third kappa shape index (κ3) is 71.7. The summed E-state index contributed by atoms with van der Waals surface area (Å²) in [5, 5.41) is 10.6. The van der Waals surface area contributed by atoms with Crippen LogP contribution in [0.2, 0.25) is 0 Å². The van der Waals surface area contributed by atoms with Crippen molar-refractivity contribution < 1.29 is 80.2 Å². The van der Waals surface area contributed by atoms with Crippen molar-refractivity contribution in [2.24, 2.45) is 23.7 Å². The van der Waals surface area contributed by atoms with E-state index in [9.17, 15) is 43.2 Å². The fraction of sp³-hybridized carbons (Fsp3) is 0.951. The minimum atomic E-state index is -4.96. The van der Waals surface area contributed by atoms with Crippen LogP contribution in [0.1, 0.15) is 415 Å². The predicted molar refractivity (Wildman–Crippen MR) is 409 cm³/mol. The number of carbonyl (C=O) groups is 4. The fourth-order valence-electron chi connectivity index (χ4n) is 12.4. The molecular formula is C81H158O17P2. The number of hydrogen-bond acceptors (Lipinski definition) is 15. The average molecular weight is 1470 g/mol. The number of unbranched alkanes of at least 4 members (excludes halogenated alkanes) is 42. The number of ether oxygens (including phenoxy) is 4. The monoisotopic (exact) mass is 1470 g/mol. The zero-order chi connectivity index (χ0) is 73.8. The highest BCUT2D eigenvalue weighted by Gasteiger charge is 2.30. The summed E-state index contributed by atoms with van der Waals surface area (Å²) in [6.45, 7) is 14.3. The molecule has 0 aliphatic rings. The molecular weight excluding hydrogens is 1310 g/mol. The molecule has 5 unspecified atom stereocenters. The second-order valence-electron chi connectivity index (χ2n) is 30.6. The fourth-order valence-corrected chi connectivity index (χ4v) is 13.9. The molecule has 0 aromatic carbocycles. The molecule has 594 valence electrons. The van der Waals surface area contributed by atoms with E-state index in [1.165, 1.54) is 212 Å². The van der Waals surface area contributed by atoms with Gasteiger partial charge in [0, 0.05) is 25.7 Å². The first kappa shape index (κ1) is 98.1. The van der Waals surface area contributed by atoms with E-state index in [4.69, 9.17) is 37.0 Å². The van der Waals surface area contributed by atoms with Gasteiger partial charge in [0.25, 0.3) is 0 Å². The van der Waals surface area contributed by atoms with Crippen molar-refractivity contribution in [3.8, 4) is 0 Å². The molecule has 0 aliphatic heterocycles. The number of phosphoric ester groups is 2. The highest BCUT2D eigenvalue weighted by atomic mass is 31.2. The van der Waals surface area contributed by atoms with Gasteiger partial charge >= 0.3 is 39.5 Å². The second kappa shape index (κ2) is 70.1. The number of hydrogen-bond donors (Lipinski definition) is 3. The summed E-state index contributed by atoms with van der Waals surface area (Å²) in [4.78, 5) is 73.0. The summed E-state index contributed by atoms with van der Waals surface area (Å²) in [7, 11) is -9.92. The molecule has 0 rings (SSSR count). The molecule has 0 aromatic heterocycles. The molecule has 0 saturated carbocycles. The lowest BCUT2D eigenvalue weighted by Crippen LogP contribution is -2.30. The number of phosphoric acid groups is 2. The van der Waals surface area contributed by atoms with Gasteiger partial charge in [-0.2, -0.15) is 0 Å². The summed E-state index contributed by atoms with van der Waals surface area (Å²) in [5.74, 6) is 1.02. The van der Waals surface area contributed by atoms with Crippen LogP contribution in [0.5, 0.6) is 0 Å². The first-order valence-electron chi connectivity index (χ1n) is 41.8. The third-order valence-corrected chi connectivity index (χ3v) is 21.4. The van der Waals surface area contributed by atoms with E-state index >= 15 is 0 Å². The lowest BCUT2D eigenvalue weighted by atomic mass is 9.99. The van der Waals surface area contributed by atoms with Gasteiger partial charge in [-0.15, -0.1) is 0 Å². The minimum Gasteiger partial charge on any atom is -0.462 e. The molecule has 0 fully saturated rings. The zero-order valence-corrected chi connectivity index (χ0v) is 67.6. The number of carbonyl (C=O) groups excluding carboxylic acids is 4. The van der Waals surface area contributed by atoms with E-state index < -0.39 is 97.5 Å². The quantitative estimate of drug-likeness (QED) is 0.0222. The van der Waals surface area contributed by atoms with Gasteiger partial charge in [-0.1, -0.05) is 364 Å². The Morgan fingerprint density at radius 2 is 0.480 bits per heavy atom. The highest BCUT2D eigenvalue weighted by molar-refractivity contribution is 7.47. The Kier molecular flexibility index (Phi) is 68.7. The maximum atomic E-state index is 13.1. The van der Waals surface area contributed by atoms with Crippen molar-refractivity contribution in [1.29, 1.82) is 0 Å².